The van der Waals surface area contributed by atoms with Crippen molar-refractivity contribution in [1.82, 2.24) is 9.80 Å². The van der Waals surface area contributed by atoms with Gasteiger partial charge >= 0.3 is 0 Å². The zero-order valence-corrected chi connectivity index (χ0v) is 15.1. The summed E-state index contributed by atoms with van der Waals surface area (Å²) in [6, 6.07) is 16.8. The van der Waals surface area contributed by atoms with E-state index in [4.69, 9.17) is 11.6 Å². The van der Waals surface area contributed by atoms with Crippen LogP contribution in [0.3, 0.4) is 0 Å². The summed E-state index contributed by atoms with van der Waals surface area (Å²) in [6.07, 6.45) is 2.58. The number of rotatable bonds is 3. The van der Waals surface area contributed by atoms with Crippen LogP contribution >= 0.6 is 11.6 Å². The fourth-order valence-electron chi connectivity index (χ4n) is 4.01. The first kappa shape index (κ1) is 16.6. The second kappa shape index (κ2) is 7.19. The van der Waals surface area contributed by atoms with Crippen LogP contribution in [0.1, 0.15) is 23.1 Å². The molecule has 1 unspecified atom stereocenters. The third-order valence-corrected chi connectivity index (χ3v) is 5.86. The fraction of sp³-hybridized carbons (Fsp3) is 0.381. The third-order valence-electron chi connectivity index (χ3n) is 5.49. The maximum absolute atomic E-state index is 12.6. The van der Waals surface area contributed by atoms with Crippen LogP contribution < -0.4 is 0 Å². The first-order valence-corrected chi connectivity index (χ1v) is 9.40. The number of hydrogen-bond donors (Lipinski definition) is 0. The number of halogens is 1. The second-order valence-corrected chi connectivity index (χ2v) is 7.45. The van der Waals surface area contributed by atoms with E-state index in [1.54, 1.807) is 0 Å². The Labute approximate surface area is 154 Å². The average molecular weight is 355 g/mol. The first-order valence-electron chi connectivity index (χ1n) is 9.03. The maximum atomic E-state index is 12.6. The lowest BCUT2D eigenvalue weighted by atomic mass is 9.98. The van der Waals surface area contributed by atoms with Gasteiger partial charge in [-0.2, -0.15) is 0 Å². The molecule has 2 aromatic rings. The highest BCUT2D eigenvalue weighted by molar-refractivity contribution is 6.31. The zero-order chi connectivity index (χ0) is 17.2. The Balaban J connectivity index is 1.37. The largest absolute Gasteiger partial charge is 0.341 e. The molecule has 25 heavy (non-hydrogen) atoms. The number of fused-ring (bicyclic) bond motifs is 1. The lowest BCUT2D eigenvalue weighted by Crippen LogP contribution is -2.41. The number of hydrogen-bond acceptors (Lipinski definition) is 2. The van der Waals surface area contributed by atoms with Gasteiger partial charge in [0.05, 0.1) is 6.42 Å². The van der Waals surface area contributed by atoms with Gasteiger partial charge in [0, 0.05) is 37.2 Å². The molecule has 0 radical (unpaired) electrons. The van der Waals surface area contributed by atoms with E-state index in [1.165, 1.54) is 11.1 Å². The number of carbonyl (C=O) groups excluding carboxylic acids is 1. The number of carbonyl (C=O) groups is 1. The SMILES string of the molecule is O=C(Cc1ccccc1Cl)N1CCC(N2CCc3ccccc3C2)C1. The molecule has 0 bridgehead atoms. The highest BCUT2D eigenvalue weighted by Gasteiger charge is 2.31. The number of likely N-dealkylation sites (tertiary alicyclic amines) is 1. The van der Waals surface area contributed by atoms with Gasteiger partial charge in [-0.3, -0.25) is 9.69 Å². The van der Waals surface area contributed by atoms with Crippen molar-refractivity contribution in [1.29, 1.82) is 0 Å². The molecule has 2 aromatic carbocycles. The molecule has 2 aliphatic heterocycles. The van der Waals surface area contributed by atoms with Crippen molar-refractivity contribution >= 4 is 17.5 Å². The first-order chi connectivity index (χ1) is 12.2. The summed E-state index contributed by atoms with van der Waals surface area (Å²) in [7, 11) is 0. The molecule has 0 aliphatic carbocycles. The molecule has 4 heteroatoms. The van der Waals surface area contributed by atoms with E-state index in [2.05, 4.69) is 29.2 Å². The summed E-state index contributed by atoms with van der Waals surface area (Å²) in [5.74, 6) is 0.188. The molecule has 0 N–H and O–H groups in total. The van der Waals surface area contributed by atoms with E-state index in [9.17, 15) is 4.79 Å². The molecular weight excluding hydrogens is 332 g/mol. The van der Waals surface area contributed by atoms with Crippen LogP contribution in [0.4, 0.5) is 0 Å². The van der Waals surface area contributed by atoms with Crippen LogP contribution in [0, 0.1) is 0 Å². The number of nitrogens with zero attached hydrogens (tertiary/aromatic N) is 2. The summed E-state index contributed by atoms with van der Waals surface area (Å²) in [6.45, 7) is 3.79. The predicted octanol–water partition coefficient (Wildman–Crippen LogP) is 3.54. The summed E-state index contributed by atoms with van der Waals surface area (Å²) in [4.78, 5) is 17.2. The lowest BCUT2D eigenvalue weighted by Gasteiger charge is -2.33. The van der Waals surface area contributed by atoms with E-state index in [1.807, 2.05) is 29.2 Å². The van der Waals surface area contributed by atoms with E-state index in [-0.39, 0.29) is 5.91 Å². The smallest absolute Gasteiger partial charge is 0.227 e. The summed E-state index contributed by atoms with van der Waals surface area (Å²) >= 11 is 6.19. The van der Waals surface area contributed by atoms with Crippen LogP contribution in [0.15, 0.2) is 48.5 Å². The highest BCUT2D eigenvalue weighted by atomic mass is 35.5. The molecule has 0 spiro atoms. The molecule has 3 nitrogen and oxygen atoms in total. The minimum Gasteiger partial charge on any atom is -0.341 e. The van der Waals surface area contributed by atoms with Crippen molar-refractivity contribution in [3.63, 3.8) is 0 Å². The normalized spacial score (nSPS) is 20.5. The molecule has 1 saturated heterocycles. The van der Waals surface area contributed by atoms with Crippen molar-refractivity contribution in [3.05, 3.63) is 70.2 Å². The topological polar surface area (TPSA) is 23.6 Å². The Kier molecular flexibility index (Phi) is 4.78. The fourth-order valence-corrected chi connectivity index (χ4v) is 4.21. The number of benzene rings is 2. The van der Waals surface area contributed by atoms with Gasteiger partial charge in [-0.15, -0.1) is 0 Å². The van der Waals surface area contributed by atoms with Crippen molar-refractivity contribution in [2.45, 2.75) is 31.8 Å². The quantitative estimate of drug-likeness (QED) is 0.841. The van der Waals surface area contributed by atoms with Gasteiger partial charge in [0.15, 0.2) is 0 Å². The van der Waals surface area contributed by atoms with Gasteiger partial charge in [-0.25, -0.2) is 0 Å². The van der Waals surface area contributed by atoms with Crippen LogP contribution in [0.5, 0.6) is 0 Å². The van der Waals surface area contributed by atoms with Crippen LogP contribution in [0.2, 0.25) is 5.02 Å². The van der Waals surface area contributed by atoms with Gasteiger partial charge in [0.2, 0.25) is 5.91 Å². The van der Waals surface area contributed by atoms with Gasteiger partial charge in [0.25, 0.3) is 0 Å². The molecule has 2 heterocycles. The molecule has 0 aromatic heterocycles. The van der Waals surface area contributed by atoms with Crippen LogP contribution in [0.25, 0.3) is 0 Å². The molecular formula is C21H23ClN2O. The van der Waals surface area contributed by atoms with Gasteiger partial charge in [-0.1, -0.05) is 54.1 Å². The van der Waals surface area contributed by atoms with Crippen molar-refractivity contribution in [2.75, 3.05) is 19.6 Å². The van der Waals surface area contributed by atoms with Crippen molar-refractivity contribution < 1.29 is 4.79 Å². The summed E-state index contributed by atoms with van der Waals surface area (Å²) in [5.41, 5.74) is 3.84. The van der Waals surface area contributed by atoms with Crippen molar-refractivity contribution in [3.8, 4) is 0 Å². The van der Waals surface area contributed by atoms with E-state index >= 15 is 0 Å². The van der Waals surface area contributed by atoms with Crippen molar-refractivity contribution in [2.24, 2.45) is 0 Å². The van der Waals surface area contributed by atoms with E-state index in [0.29, 0.717) is 17.5 Å². The standard InChI is InChI=1S/C21H23ClN2O/c22-20-8-4-3-6-17(20)13-21(25)24-12-10-19(15-24)23-11-9-16-5-1-2-7-18(16)14-23/h1-8,19H,9-15H2. The third kappa shape index (κ3) is 3.58. The van der Waals surface area contributed by atoms with Gasteiger partial charge in [0.1, 0.15) is 0 Å². The second-order valence-electron chi connectivity index (χ2n) is 7.04. The Hall–Kier alpha value is -1.84. The lowest BCUT2D eigenvalue weighted by molar-refractivity contribution is -0.129. The monoisotopic (exact) mass is 354 g/mol. The zero-order valence-electron chi connectivity index (χ0n) is 14.3. The molecule has 130 valence electrons. The molecule has 1 amide bonds. The number of amides is 1. The molecule has 2 aliphatic rings. The minimum atomic E-state index is 0.188. The Morgan fingerprint density at radius 2 is 1.80 bits per heavy atom. The van der Waals surface area contributed by atoms with E-state index < -0.39 is 0 Å². The van der Waals surface area contributed by atoms with E-state index in [0.717, 1.165) is 44.6 Å². The Morgan fingerprint density at radius 1 is 1.04 bits per heavy atom. The maximum Gasteiger partial charge on any atom is 0.227 e. The van der Waals surface area contributed by atoms with Gasteiger partial charge in [-0.05, 0) is 35.6 Å². The van der Waals surface area contributed by atoms with Crippen LogP contribution in [-0.2, 0) is 24.2 Å². The predicted molar refractivity (Wildman–Crippen MR) is 101 cm³/mol. The molecule has 4 rings (SSSR count). The molecule has 0 saturated carbocycles. The summed E-state index contributed by atoms with van der Waals surface area (Å²) < 4.78 is 0. The average Bonchev–Trinajstić information content (AvgIpc) is 3.13. The Morgan fingerprint density at radius 3 is 2.64 bits per heavy atom. The van der Waals surface area contributed by atoms with Gasteiger partial charge < -0.3 is 4.90 Å². The minimum absolute atomic E-state index is 0.188. The highest BCUT2D eigenvalue weighted by Crippen LogP contribution is 2.25. The van der Waals surface area contributed by atoms with Crippen LogP contribution in [-0.4, -0.2) is 41.4 Å². The molecule has 1 atom stereocenters. The Bertz CT molecular complexity index is 776. The molecule has 1 fully saturated rings. The summed E-state index contributed by atoms with van der Waals surface area (Å²) in [5, 5.41) is 0.680.